The number of halogens is 3. The maximum Gasteiger partial charge on any atom is 0.433 e. The van der Waals surface area contributed by atoms with Crippen molar-refractivity contribution in [3.05, 3.63) is 54.7 Å². The van der Waals surface area contributed by atoms with Crippen LogP contribution in [0.1, 0.15) is 5.76 Å². The quantitative estimate of drug-likeness (QED) is 0.619. The fourth-order valence-electron chi connectivity index (χ4n) is 1.45. The summed E-state index contributed by atoms with van der Waals surface area (Å²) in [5, 5.41) is 14.3. The molecule has 0 unspecified atom stereocenters. The third kappa shape index (κ3) is 3.40. The van der Waals surface area contributed by atoms with Crippen LogP contribution in [0.15, 0.2) is 33.2 Å². The van der Waals surface area contributed by atoms with Gasteiger partial charge in [-0.3, -0.25) is 10.1 Å². The monoisotopic (exact) mass is 364 g/mol. The molecule has 0 aliphatic rings. The first kappa shape index (κ1) is 14.2. The second-order valence-corrected chi connectivity index (χ2v) is 5.33. The van der Waals surface area contributed by atoms with Crippen molar-refractivity contribution in [3.63, 3.8) is 0 Å². The molecule has 2 rings (SSSR count). The zero-order valence-corrected chi connectivity index (χ0v) is 12.4. The van der Waals surface area contributed by atoms with Crippen LogP contribution in [0.5, 0.6) is 0 Å². The summed E-state index contributed by atoms with van der Waals surface area (Å²) in [6, 6.07) is 6.20. The molecule has 0 aliphatic heterocycles. The minimum absolute atomic E-state index is 0.245. The van der Waals surface area contributed by atoms with Crippen molar-refractivity contribution in [1.82, 2.24) is 0 Å². The third-order valence-electron chi connectivity index (χ3n) is 2.27. The van der Waals surface area contributed by atoms with Gasteiger partial charge < -0.3 is 9.73 Å². The molecule has 0 fully saturated rings. The summed E-state index contributed by atoms with van der Waals surface area (Å²) in [5.41, 5.74) is 0.547. The van der Waals surface area contributed by atoms with Crippen LogP contribution in [-0.2, 0) is 6.54 Å². The predicted octanol–water partition coefficient (Wildman–Crippen LogP) is 4.87. The number of nitro groups is 1. The Labute approximate surface area is 126 Å². The molecule has 8 heteroatoms. The fraction of sp³-hybridized carbons (Fsp3) is 0.0909. The smallest absolute Gasteiger partial charge is 0.404 e. The second-order valence-electron chi connectivity index (χ2n) is 3.60. The number of rotatable bonds is 4. The van der Waals surface area contributed by atoms with E-state index in [-0.39, 0.29) is 12.4 Å². The molecule has 100 valence electrons. The number of hydrogen-bond donors (Lipinski definition) is 1. The van der Waals surface area contributed by atoms with E-state index in [1.165, 1.54) is 12.1 Å². The van der Waals surface area contributed by atoms with E-state index in [0.29, 0.717) is 21.5 Å². The third-order valence-corrected chi connectivity index (χ3v) is 3.33. The van der Waals surface area contributed by atoms with Gasteiger partial charge in [-0.25, -0.2) is 0 Å². The highest BCUT2D eigenvalue weighted by atomic mass is 79.9. The Morgan fingerprint density at radius 3 is 2.47 bits per heavy atom. The SMILES string of the molecule is O=[N+]([O-])c1ccc(CNc2c(Cl)cc(Br)cc2Cl)o1. The largest absolute Gasteiger partial charge is 0.433 e. The van der Waals surface area contributed by atoms with E-state index >= 15 is 0 Å². The van der Waals surface area contributed by atoms with Crippen LogP contribution in [0, 0.1) is 10.1 Å². The number of hydrogen-bond acceptors (Lipinski definition) is 4. The van der Waals surface area contributed by atoms with Gasteiger partial charge in [-0.1, -0.05) is 39.1 Å². The Morgan fingerprint density at radius 1 is 1.32 bits per heavy atom. The first-order valence-electron chi connectivity index (χ1n) is 5.09. The summed E-state index contributed by atoms with van der Waals surface area (Å²) in [4.78, 5) is 9.88. The Bertz CT molecular complexity index is 607. The van der Waals surface area contributed by atoms with E-state index in [2.05, 4.69) is 21.2 Å². The van der Waals surface area contributed by atoms with Gasteiger partial charge in [0, 0.05) is 4.47 Å². The standard InChI is InChI=1S/C11H7BrCl2N2O3/c12-6-3-8(13)11(9(14)4-6)15-5-7-1-2-10(19-7)16(17)18/h1-4,15H,5H2. The van der Waals surface area contributed by atoms with Crippen LogP contribution in [0.2, 0.25) is 10.0 Å². The molecule has 0 aliphatic carbocycles. The van der Waals surface area contributed by atoms with Crippen molar-refractivity contribution in [3.8, 4) is 0 Å². The Balaban J connectivity index is 2.12. The first-order chi connectivity index (χ1) is 8.97. The van der Waals surface area contributed by atoms with Gasteiger partial charge in [0.1, 0.15) is 10.7 Å². The number of nitrogens with zero attached hydrogens (tertiary/aromatic N) is 1. The van der Waals surface area contributed by atoms with E-state index in [4.69, 9.17) is 27.6 Å². The molecule has 0 atom stereocenters. The van der Waals surface area contributed by atoms with Crippen LogP contribution in [-0.4, -0.2) is 4.92 Å². The second kappa shape index (κ2) is 5.81. The molecule has 1 N–H and O–H groups in total. The topological polar surface area (TPSA) is 68.3 Å². The lowest BCUT2D eigenvalue weighted by molar-refractivity contribution is -0.402. The molecular formula is C11H7BrCl2N2O3. The van der Waals surface area contributed by atoms with Crippen molar-refractivity contribution in [2.45, 2.75) is 6.54 Å². The number of nitrogens with one attached hydrogen (secondary N) is 1. The Kier molecular flexibility index (Phi) is 4.34. The van der Waals surface area contributed by atoms with Crippen molar-refractivity contribution >= 4 is 50.7 Å². The number of anilines is 1. The lowest BCUT2D eigenvalue weighted by Crippen LogP contribution is -1.99. The van der Waals surface area contributed by atoms with Crippen LogP contribution < -0.4 is 5.32 Å². The molecule has 2 aromatic rings. The zero-order valence-electron chi connectivity index (χ0n) is 9.32. The first-order valence-corrected chi connectivity index (χ1v) is 6.64. The highest BCUT2D eigenvalue weighted by molar-refractivity contribution is 9.10. The highest BCUT2D eigenvalue weighted by Gasteiger charge is 2.13. The average Bonchev–Trinajstić information content (AvgIpc) is 2.76. The molecule has 0 spiro atoms. The van der Waals surface area contributed by atoms with Crippen LogP contribution in [0.4, 0.5) is 11.6 Å². The predicted molar refractivity (Wildman–Crippen MR) is 76.9 cm³/mol. The molecule has 1 aromatic carbocycles. The average molecular weight is 366 g/mol. The molecule has 1 heterocycles. The minimum atomic E-state index is -0.594. The molecular weight excluding hydrogens is 359 g/mol. The molecule has 19 heavy (non-hydrogen) atoms. The number of furan rings is 1. The summed E-state index contributed by atoms with van der Waals surface area (Å²) >= 11 is 15.4. The maximum absolute atomic E-state index is 10.5. The van der Waals surface area contributed by atoms with Gasteiger partial charge in [0.2, 0.25) is 0 Å². The van der Waals surface area contributed by atoms with E-state index in [1.807, 2.05) is 0 Å². The Hall–Kier alpha value is -1.24. The zero-order chi connectivity index (χ0) is 14.0. The van der Waals surface area contributed by atoms with E-state index in [0.717, 1.165) is 4.47 Å². The van der Waals surface area contributed by atoms with E-state index in [9.17, 15) is 10.1 Å². The van der Waals surface area contributed by atoms with E-state index < -0.39 is 4.92 Å². The van der Waals surface area contributed by atoms with Gasteiger partial charge >= 0.3 is 5.88 Å². The molecule has 0 amide bonds. The molecule has 0 saturated carbocycles. The lowest BCUT2D eigenvalue weighted by Gasteiger charge is -2.09. The normalized spacial score (nSPS) is 10.5. The molecule has 5 nitrogen and oxygen atoms in total. The summed E-state index contributed by atoms with van der Waals surface area (Å²) in [7, 11) is 0. The van der Waals surface area contributed by atoms with E-state index in [1.54, 1.807) is 12.1 Å². The highest BCUT2D eigenvalue weighted by Crippen LogP contribution is 2.34. The minimum Gasteiger partial charge on any atom is -0.404 e. The summed E-state index contributed by atoms with van der Waals surface area (Å²) in [6.45, 7) is 0.245. The van der Waals surface area contributed by atoms with Crippen LogP contribution >= 0.6 is 39.1 Å². The molecule has 0 bridgehead atoms. The summed E-state index contributed by atoms with van der Waals surface area (Å²) in [6.07, 6.45) is 0. The van der Waals surface area contributed by atoms with Gasteiger partial charge in [-0.05, 0) is 18.2 Å². The maximum atomic E-state index is 10.5. The van der Waals surface area contributed by atoms with Crippen molar-refractivity contribution in [2.24, 2.45) is 0 Å². The van der Waals surface area contributed by atoms with Gasteiger partial charge in [0.05, 0.1) is 28.3 Å². The molecule has 0 radical (unpaired) electrons. The number of benzene rings is 1. The van der Waals surface area contributed by atoms with Crippen LogP contribution in [0.3, 0.4) is 0 Å². The fourth-order valence-corrected chi connectivity index (χ4v) is 2.79. The van der Waals surface area contributed by atoms with Gasteiger partial charge in [-0.2, -0.15) is 0 Å². The summed E-state index contributed by atoms with van der Waals surface area (Å²) < 4.78 is 5.78. The molecule has 1 aromatic heterocycles. The summed E-state index contributed by atoms with van der Waals surface area (Å²) in [5.74, 6) is 0.117. The van der Waals surface area contributed by atoms with Gasteiger partial charge in [0.15, 0.2) is 0 Å². The van der Waals surface area contributed by atoms with Crippen molar-refractivity contribution < 1.29 is 9.34 Å². The Morgan fingerprint density at radius 2 is 1.95 bits per heavy atom. The van der Waals surface area contributed by atoms with Crippen molar-refractivity contribution in [1.29, 1.82) is 0 Å². The van der Waals surface area contributed by atoms with Gasteiger partial charge in [0.25, 0.3) is 0 Å². The van der Waals surface area contributed by atoms with Crippen molar-refractivity contribution in [2.75, 3.05) is 5.32 Å². The van der Waals surface area contributed by atoms with Gasteiger partial charge in [-0.15, -0.1) is 0 Å². The molecule has 0 saturated heterocycles. The lowest BCUT2D eigenvalue weighted by atomic mass is 10.3. The van der Waals surface area contributed by atoms with Crippen LogP contribution in [0.25, 0.3) is 0 Å².